The standard InChI is InChI=1S/C30H31FN4O/c1-3-5-12-33-30(32)23-18-35-25-15-19-10-6-7-11-20(19)16-26(25)36-29-27(35)22(21(23)4-2)17-24(31)28(29)34-13-8-9-14-34/h4,6-7,10-11,15-18H,3,5,8-9,12-14H2,1-2H3,(H2,32,33)/b21-4+. The Morgan fingerprint density at radius 1 is 1.11 bits per heavy atom. The van der Waals surface area contributed by atoms with E-state index < -0.39 is 0 Å². The Morgan fingerprint density at radius 3 is 2.58 bits per heavy atom. The summed E-state index contributed by atoms with van der Waals surface area (Å²) in [6, 6.07) is 14.0. The lowest BCUT2D eigenvalue weighted by atomic mass is 10.0. The Labute approximate surface area is 209 Å². The summed E-state index contributed by atoms with van der Waals surface area (Å²) >= 11 is 0. The molecule has 1 saturated heterocycles. The van der Waals surface area contributed by atoms with E-state index in [0.29, 0.717) is 29.2 Å². The Bertz CT molecular complexity index is 1670. The molecule has 0 unspecified atom stereocenters. The van der Waals surface area contributed by atoms with Crippen LogP contribution < -0.4 is 15.9 Å². The topological polar surface area (TPSA) is 59.7 Å². The molecule has 36 heavy (non-hydrogen) atoms. The first kappa shape index (κ1) is 22.7. The summed E-state index contributed by atoms with van der Waals surface area (Å²) in [4.78, 5) is 6.77. The summed E-state index contributed by atoms with van der Waals surface area (Å²) in [6.07, 6.45) is 8.16. The molecule has 0 bridgehead atoms. The largest absolute Gasteiger partial charge is 0.451 e. The second-order valence-corrected chi connectivity index (χ2v) is 9.63. The molecule has 184 valence electrons. The average molecular weight is 483 g/mol. The summed E-state index contributed by atoms with van der Waals surface area (Å²) in [6.45, 7) is 6.41. The van der Waals surface area contributed by atoms with Crippen LogP contribution in [0, 0.1) is 5.82 Å². The third kappa shape index (κ3) is 3.55. The van der Waals surface area contributed by atoms with E-state index in [-0.39, 0.29) is 5.82 Å². The van der Waals surface area contributed by atoms with Crippen molar-refractivity contribution < 1.29 is 8.81 Å². The second-order valence-electron chi connectivity index (χ2n) is 9.63. The number of unbranched alkanes of at least 4 members (excludes halogenated alkanes) is 1. The highest BCUT2D eigenvalue weighted by atomic mass is 19.1. The predicted octanol–water partition coefficient (Wildman–Crippen LogP) is 6.29. The van der Waals surface area contributed by atoms with Gasteiger partial charge in [-0.2, -0.15) is 0 Å². The van der Waals surface area contributed by atoms with Gasteiger partial charge in [-0.25, -0.2) is 4.39 Å². The highest BCUT2D eigenvalue weighted by molar-refractivity contribution is 6.05. The molecule has 0 amide bonds. The number of fused-ring (bicyclic) bond motifs is 3. The highest BCUT2D eigenvalue weighted by Crippen LogP contribution is 2.40. The fraction of sp³-hybridized carbons (Fsp3) is 0.300. The minimum Gasteiger partial charge on any atom is -0.451 e. The van der Waals surface area contributed by atoms with E-state index in [2.05, 4.69) is 39.6 Å². The first-order valence-corrected chi connectivity index (χ1v) is 12.9. The van der Waals surface area contributed by atoms with Crippen LogP contribution in [0.2, 0.25) is 0 Å². The molecule has 0 atom stereocenters. The van der Waals surface area contributed by atoms with E-state index in [4.69, 9.17) is 10.2 Å². The van der Waals surface area contributed by atoms with Crippen LogP contribution >= 0.6 is 0 Å². The molecule has 0 saturated carbocycles. The molecule has 3 aliphatic rings. The molecule has 3 heterocycles. The van der Waals surface area contributed by atoms with Crippen LogP contribution in [0.1, 0.15) is 45.1 Å². The first-order valence-electron chi connectivity index (χ1n) is 12.9. The third-order valence-electron chi connectivity index (χ3n) is 7.34. The van der Waals surface area contributed by atoms with Gasteiger partial charge in [0.05, 0.1) is 11.2 Å². The van der Waals surface area contributed by atoms with E-state index >= 15 is 4.39 Å². The van der Waals surface area contributed by atoms with Crippen molar-refractivity contribution in [2.45, 2.75) is 39.5 Å². The summed E-state index contributed by atoms with van der Waals surface area (Å²) in [5.74, 6) is 0.207. The summed E-state index contributed by atoms with van der Waals surface area (Å²) in [5.41, 5.74) is 11.0. The number of halogens is 1. The van der Waals surface area contributed by atoms with Gasteiger partial charge in [0.2, 0.25) is 0 Å². The Balaban J connectivity index is 1.78. The monoisotopic (exact) mass is 482 g/mol. The SMILES string of the molecule is C/C=c1/c(C(N)=NCCCC)cn2c3cc4ccccc4cc3oc3c(N4CCCC4)c(F)cc1c3-2. The molecule has 0 radical (unpaired) electrons. The van der Waals surface area contributed by atoms with Crippen LogP contribution in [-0.2, 0) is 0 Å². The predicted molar refractivity (Wildman–Crippen MR) is 148 cm³/mol. The molecule has 5 nitrogen and oxygen atoms in total. The maximum Gasteiger partial charge on any atom is 0.178 e. The Kier molecular flexibility index (Phi) is 5.67. The van der Waals surface area contributed by atoms with Crippen molar-refractivity contribution in [2.75, 3.05) is 24.5 Å². The highest BCUT2D eigenvalue weighted by Gasteiger charge is 2.27. The number of aliphatic imine (C=N–C) groups is 1. The van der Waals surface area contributed by atoms with E-state index in [1.807, 2.05) is 37.4 Å². The lowest BCUT2D eigenvalue weighted by Gasteiger charge is -2.26. The number of hydrogen-bond acceptors (Lipinski definition) is 3. The van der Waals surface area contributed by atoms with Crippen LogP contribution in [0.3, 0.4) is 0 Å². The second kappa shape index (κ2) is 9.01. The van der Waals surface area contributed by atoms with Gasteiger partial charge >= 0.3 is 0 Å². The van der Waals surface area contributed by atoms with Crippen LogP contribution in [-0.4, -0.2) is 30.0 Å². The van der Waals surface area contributed by atoms with Crippen molar-refractivity contribution in [3.63, 3.8) is 0 Å². The lowest BCUT2D eigenvalue weighted by molar-refractivity contribution is 0.606. The number of nitrogens with two attached hydrogens (primary N) is 1. The number of anilines is 1. The van der Waals surface area contributed by atoms with Gasteiger partial charge in [0, 0.05) is 36.8 Å². The molecule has 0 aromatic heterocycles. The molecule has 2 N–H and O–H groups in total. The van der Waals surface area contributed by atoms with E-state index in [1.165, 1.54) is 0 Å². The maximum atomic E-state index is 15.9. The minimum atomic E-state index is -0.267. The zero-order valence-electron chi connectivity index (χ0n) is 20.9. The first-order chi connectivity index (χ1) is 17.6. The van der Waals surface area contributed by atoms with Crippen LogP contribution in [0.4, 0.5) is 10.1 Å². The van der Waals surface area contributed by atoms with Gasteiger partial charge in [-0.05, 0) is 60.4 Å². The number of aromatic nitrogens is 1. The van der Waals surface area contributed by atoms with Crippen LogP contribution in [0.15, 0.2) is 58.1 Å². The maximum absolute atomic E-state index is 15.9. The normalized spacial score (nSPS) is 15.4. The van der Waals surface area contributed by atoms with Gasteiger partial charge < -0.3 is 19.6 Å². The number of rotatable bonds is 5. The van der Waals surface area contributed by atoms with E-state index in [9.17, 15) is 0 Å². The summed E-state index contributed by atoms with van der Waals surface area (Å²) < 4.78 is 24.6. The molecular weight excluding hydrogens is 451 g/mol. The van der Waals surface area contributed by atoms with E-state index in [1.54, 1.807) is 6.07 Å². The van der Waals surface area contributed by atoms with Crippen molar-refractivity contribution in [1.29, 1.82) is 0 Å². The lowest BCUT2D eigenvalue weighted by Crippen LogP contribution is -2.28. The van der Waals surface area contributed by atoms with Gasteiger partial charge in [-0.1, -0.05) is 43.7 Å². The molecule has 3 aliphatic heterocycles. The number of pyridine rings is 1. The summed E-state index contributed by atoms with van der Waals surface area (Å²) in [5, 5.41) is 3.84. The van der Waals surface area contributed by atoms with Crippen LogP contribution in [0.5, 0.6) is 0 Å². The van der Waals surface area contributed by atoms with Crippen molar-refractivity contribution in [3.8, 4) is 5.69 Å². The van der Waals surface area contributed by atoms with Crippen molar-refractivity contribution in [1.82, 2.24) is 4.57 Å². The molecule has 0 spiro atoms. The third-order valence-corrected chi connectivity index (χ3v) is 7.34. The van der Waals surface area contributed by atoms with Gasteiger partial charge in [0.25, 0.3) is 0 Å². The minimum absolute atomic E-state index is 0.267. The molecule has 3 aromatic rings. The molecule has 1 fully saturated rings. The Hall–Kier alpha value is -3.80. The van der Waals surface area contributed by atoms with Gasteiger partial charge in [0.1, 0.15) is 11.5 Å². The molecular formula is C30H31FN4O. The number of hydrogen-bond donors (Lipinski definition) is 1. The average Bonchev–Trinajstić information content (AvgIpc) is 3.41. The molecule has 6 heteroatoms. The number of benzene rings is 3. The molecule has 6 rings (SSSR count). The van der Waals surface area contributed by atoms with Crippen molar-refractivity contribution >= 4 is 50.4 Å². The number of amidine groups is 1. The quantitative estimate of drug-likeness (QED) is 0.105. The van der Waals surface area contributed by atoms with E-state index in [0.717, 1.165) is 76.9 Å². The van der Waals surface area contributed by atoms with Crippen molar-refractivity contribution in [3.05, 3.63) is 65.3 Å². The molecule has 0 aliphatic carbocycles. The summed E-state index contributed by atoms with van der Waals surface area (Å²) in [7, 11) is 0. The zero-order chi connectivity index (χ0) is 24.8. The van der Waals surface area contributed by atoms with Gasteiger partial charge in [-0.15, -0.1) is 0 Å². The zero-order valence-corrected chi connectivity index (χ0v) is 20.9. The van der Waals surface area contributed by atoms with Crippen LogP contribution in [0.25, 0.3) is 44.6 Å². The Morgan fingerprint density at radius 2 is 1.86 bits per heavy atom. The fourth-order valence-electron chi connectivity index (χ4n) is 5.53. The van der Waals surface area contributed by atoms with Crippen molar-refractivity contribution in [2.24, 2.45) is 10.7 Å². The number of nitrogens with zero attached hydrogens (tertiary/aromatic N) is 3. The smallest absolute Gasteiger partial charge is 0.178 e. The fourth-order valence-corrected chi connectivity index (χ4v) is 5.53. The van der Waals surface area contributed by atoms with Gasteiger partial charge in [0.15, 0.2) is 17.0 Å². The van der Waals surface area contributed by atoms with Gasteiger partial charge in [-0.3, -0.25) is 4.99 Å². The molecule has 3 aromatic carbocycles.